The Hall–Kier alpha value is -0.680. The fourth-order valence-corrected chi connectivity index (χ4v) is 3.31. The lowest BCUT2D eigenvalue weighted by Crippen LogP contribution is -2.31. The van der Waals surface area contributed by atoms with E-state index in [2.05, 4.69) is 14.9 Å². The van der Waals surface area contributed by atoms with E-state index in [-0.39, 0.29) is 5.91 Å². The van der Waals surface area contributed by atoms with Crippen LogP contribution >= 0.6 is 23.1 Å². The third kappa shape index (κ3) is 2.96. The minimum Gasteiger partial charge on any atom is -0.351 e. The Balaban J connectivity index is 1.86. The van der Waals surface area contributed by atoms with Gasteiger partial charge in [0.2, 0.25) is 0 Å². The van der Waals surface area contributed by atoms with Crippen LogP contribution in [0.15, 0.2) is 0 Å². The van der Waals surface area contributed by atoms with Crippen molar-refractivity contribution in [1.29, 1.82) is 0 Å². The quantitative estimate of drug-likeness (QED) is 0.856. The van der Waals surface area contributed by atoms with Gasteiger partial charge in [0.25, 0.3) is 5.91 Å². The number of alkyl halides is 1. The molecular formula is C11H16ClN3OS. The summed E-state index contributed by atoms with van der Waals surface area (Å²) in [6.07, 6.45) is 3.57. The van der Waals surface area contributed by atoms with Crippen LogP contribution < -0.4 is 5.32 Å². The molecule has 1 N–H and O–H groups in total. The molecule has 1 aromatic heterocycles. The van der Waals surface area contributed by atoms with E-state index >= 15 is 0 Å². The van der Waals surface area contributed by atoms with Gasteiger partial charge in [0.05, 0.1) is 5.69 Å². The van der Waals surface area contributed by atoms with E-state index in [9.17, 15) is 4.79 Å². The first-order chi connectivity index (χ1) is 8.22. The zero-order valence-electron chi connectivity index (χ0n) is 9.78. The average Bonchev–Trinajstić information content (AvgIpc) is 2.94. The molecule has 1 heterocycles. The van der Waals surface area contributed by atoms with Crippen molar-refractivity contribution in [1.82, 2.24) is 14.9 Å². The topological polar surface area (TPSA) is 54.9 Å². The average molecular weight is 274 g/mol. The molecule has 0 aromatic carbocycles. The van der Waals surface area contributed by atoms with Gasteiger partial charge in [-0.3, -0.25) is 4.79 Å². The van der Waals surface area contributed by atoms with Crippen molar-refractivity contribution in [2.24, 2.45) is 11.8 Å². The molecule has 1 amide bonds. The Kier molecular flexibility index (Phi) is 4.34. The van der Waals surface area contributed by atoms with Gasteiger partial charge in [0, 0.05) is 12.4 Å². The van der Waals surface area contributed by atoms with Gasteiger partial charge in [-0.05, 0) is 43.1 Å². The van der Waals surface area contributed by atoms with Crippen LogP contribution in [0.2, 0.25) is 0 Å². The molecule has 2 unspecified atom stereocenters. The summed E-state index contributed by atoms with van der Waals surface area (Å²) in [5.74, 6) is 1.72. The summed E-state index contributed by atoms with van der Waals surface area (Å²) in [7, 11) is 0. The maximum Gasteiger partial charge on any atom is 0.264 e. The largest absolute Gasteiger partial charge is 0.351 e. The molecule has 1 fully saturated rings. The Labute approximate surface area is 110 Å². The summed E-state index contributed by atoms with van der Waals surface area (Å²) >= 11 is 7.06. The normalized spacial score (nSPS) is 23.9. The van der Waals surface area contributed by atoms with Crippen molar-refractivity contribution < 1.29 is 4.79 Å². The molecule has 6 heteroatoms. The second-order valence-electron chi connectivity index (χ2n) is 4.50. The van der Waals surface area contributed by atoms with Gasteiger partial charge in [-0.25, -0.2) is 0 Å². The first-order valence-electron chi connectivity index (χ1n) is 5.85. The van der Waals surface area contributed by atoms with Crippen molar-refractivity contribution in [2.75, 3.05) is 12.4 Å². The number of nitrogens with one attached hydrogen (secondary N) is 1. The Morgan fingerprint density at radius 2 is 2.29 bits per heavy atom. The standard InChI is InChI=1S/C11H16ClN3OS/c1-7-10(17-15-14-7)11(16)13-6-9-4-2-3-8(9)5-12/h8-9H,2-6H2,1H3,(H,13,16). The number of carbonyl (C=O) groups excluding carboxylic acids is 1. The van der Waals surface area contributed by atoms with Crippen LogP contribution in [0.4, 0.5) is 0 Å². The zero-order valence-corrected chi connectivity index (χ0v) is 11.4. The molecule has 17 heavy (non-hydrogen) atoms. The molecule has 1 aliphatic rings. The van der Waals surface area contributed by atoms with Crippen molar-refractivity contribution >= 4 is 29.0 Å². The molecule has 2 rings (SSSR count). The molecule has 4 nitrogen and oxygen atoms in total. The Bertz CT molecular complexity index is 396. The molecule has 1 aliphatic carbocycles. The lowest BCUT2D eigenvalue weighted by molar-refractivity contribution is 0.0948. The van der Waals surface area contributed by atoms with Gasteiger partial charge in [-0.15, -0.1) is 16.7 Å². The minimum absolute atomic E-state index is 0.0577. The summed E-state index contributed by atoms with van der Waals surface area (Å²) in [4.78, 5) is 12.5. The van der Waals surface area contributed by atoms with Crippen LogP contribution in [-0.2, 0) is 0 Å². The highest BCUT2D eigenvalue weighted by Crippen LogP contribution is 2.32. The first-order valence-corrected chi connectivity index (χ1v) is 7.16. The van der Waals surface area contributed by atoms with E-state index in [4.69, 9.17) is 11.6 Å². The molecule has 0 radical (unpaired) electrons. The van der Waals surface area contributed by atoms with E-state index in [1.54, 1.807) is 6.92 Å². The number of aromatic nitrogens is 2. The van der Waals surface area contributed by atoms with Gasteiger partial charge in [0.1, 0.15) is 4.88 Å². The molecule has 0 saturated heterocycles. The van der Waals surface area contributed by atoms with E-state index in [1.165, 1.54) is 12.8 Å². The third-order valence-electron chi connectivity index (χ3n) is 3.40. The number of carbonyl (C=O) groups is 1. The maximum absolute atomic E-state index is 11.9. The van der Waals surface area contributed by atoms with Crippen molar-refractivity contribution in [3.8, 4) is 0 Å². The van der Waals surface area contributed by atoms with Gasteiger partial charge in [-0.2, -0.15) is 0 Å². The third-order valence-corrected chi connectivity index (χ3v) is 4.62. The molecule has 94 valence electrons. The van der Waals surface area contributed by atoms with Crippen LogP contribution in [0.1, 0.15) is 34.6 Å². The second kappa shape index (κ2) is 5.78. The summed E-state index contributed by atoms with van der Waals surface area (Å²) < 4.78 is 3.76. The maximum atomic E-state index is 11.9. The van der Waals surface area contributed by atoms with E-state index in [0.717, 1.165) is 18.0 Å². The van der Waals surface area contributed by atoms with Crippen LogP contribution in [0.25, 0.3) is 0 Å². The van der Waals surface area contributed by atoms with Gasteiger partial charge in [0.15, 0.2) is 0 Å². The first kappa shape index (κ1) is 12.8. The summed E-state index contributed by atoms with van der Waals surface area (Å²) in [5, 5.41) is 6.80. The monoisotopic (exact) mass is 273 g/mol. The number of amides is 1. The lowest BCUT2D eigenvalue weighted by atomic mass is 9.98. The zero-order chi connectivity index (χ0) is 12.3. The summed E-state index contributed by atoms with van der Waals surface area (Å²) in [6, 6.07) is 0. The van der Waals surface area contributed by atoms with Gasteiger partial charge < -0.3 is 5.32 Å². The predicted octanol–water partition coefficient (Wildman–Crippen LogP) is 2.23. The molecule has 1 aromatic rings. The Morgan fingerprint density at radius 1 is 1.53 bits per heavy atom. The van der Waals surface area contributed by atoms with Crippen molar-refractivity contribution in [3.63, 3.8) is 0 Å². The van der Waals surface area contributed by atoms with Gasteiger partial charge >= 0.3 is 0 Å². The van der Waals surface area contributed by atoms with E-state index in [0.29, 0.717) is 34.8 Å². The SMILES string of the molecule is Cc1nnsc1C(=O)NCC1CCCC1CCl. The fraction of sp³-hybridized carbons (Fsp3) is 0.727. The minimum atomic E-state index is -0.0577. The number of halogens is 1. The fourth-order valence-electron chi connectivity index (χ4n) is 2.33. The highest BCUT2D eigenvalue weighted by Gasteiger charge is 2.27. The van der Waals surface area contributed by atoms with E-state index in [1.807, 2.05) is 0 Å². The molecule has 2 atom stereocenters. The smallest absolute Gasteiger partial charge is 0.264 e. The summed E-state index contributed by atoms with van der Waals surface area (Å²) in [5.41, 5.74) is 0.702. The number of aryl methyl sites for hydroxylation is 1. The van der Waals surface area contributed by atoms with E-state index < -0.39 is 0 Å². The van der Waals surface area contributed by atoms with Crippen molar-refractivity contribution in [2.45, 2.75) is 26.2 Å². The summed E-state index contributed by atoms with van der Waals surface area (Å²) in [6.45, 7) is 2.52. The molecular weight excluding hydrogens is 258 g/mol. The molecule has 0 aliphatic heterocycles. The van der Waals surface area contributed by atoms with Gasteiger partial charge in [-0.1, -0.05) is 10.9 Å². The van der Waals surface area contributed by atoms with Crippen molar-refractivity contribution in [3.05, 3.63) is 10.6 Å². The predicted molar refractivity (Wildman–Crippen MR) is 68.5 cm³/mol. The molecule has 0 spiro atoms. The molecule has 1 saturated carbocycles. The molecule has 0 bridgehead atoms. The number of nitrogens with zero attached hydrogens (tertiary/aromatic N) is 2. The van der Waals surface area contributed by atoms with Crippen LogP contribution in [0, 0.1) is 18.8 Å². The van der Waals surface area contributed by atoms with Crippen LogP contribution in [-0.4, -0.2) is 27.9 Å². The lowest BCUT2D eigenvalue weighted by Gasteiger charge is -2.17. The number of rotatable bonds is 4. The Morgan fingerprint density at radius 3 is 2.94 bits per heavy atom. The van der Waals surface area contributed by atoms with Crippen LogP contribution in [0.3, 0.4) is 0 Å². The number of hydrogen-bond donors (Lipinski definition) is 1. The number of hydrogen-bond acceptors (Lipinski definition) is 4. The van der Waals surface area contributed by atoms with Crippen LogP contribution in [0.5, 0.6) is 0 Å². The second-order valence-corrected chi connectivity index (χ2v) is 5.57. The highest BCUT2D eigenvalue weighted by atomic mass is 35.5. The highest BCUT2D eigenvalue weighted by molar-refractivity contribution is 7.07.